The number of ether oxygens (including phenoxy) is 2. The summed E-state index contributed by atoms with van der Waals surface area (Å²) in [6.45, 7) is 5.08. The fourth-order valence-electron chi connectivity index (χ4n) is 4.80. The molecule has 0 bridgehead atoms. The van der Waals surface area contributed by atoms with E-state index in [-0.39, 0.29) is 5.75 Å². The minimum atomic E-state index is -1.45. The van der Waals surface area contributed by atoms with Crippen LogP contribution in [-0.2, 0) is 28.7 Å². The number of hydrogen-bond donors (Lipinski definition) is 2. The highest BCUT2D eigenvalue weighted by Crippen LogP contribution is 2.38. The van der Waals surface area contributed by atoms with Gasteiger partial charge in [0.1, 0.15) is 23.1 Å². The number of aromatic nitrogens is 1. The Bertz CT molecular complexity index is 1460. The van der Waals surface area contributed by atoms with Crippen molar-refractivity contribution in [1.82, 2.24) is 19.9 Å². The van der Waals surface area contributed by atoms with E-state index in [0.717, 1.165) is 23.3 Å². The number of alkyl carbamates (subject to hydrolysis) is 1. The quantitative estimate of drug-likeness (QED) is 0.220. The van der Waals surface area contributed by atoms with Crippen LogP contribution in [-0.4, -0.2) is 67.7 Å². The van der Waals surface area contributed by atoms with E-state index in [1.165, 1.54) is 11.1 Å². The summed E-state index contributed by atoms with van der Waals surface area (Å²) in [6, 6.07) is 14.6. The van der Waals surface area contributed by atoms with Crippen molar-refractivity contribution >= 4 is 53.0 Å². The molecule has 1 unspecified atom stereocenters. The lowest BCUT2D eigenvalue weighted by Gasteiger charge is -2.51. The number of nitrogens with one attached hydrogen (secondary N) is 2. The standard InChI is InChI=1S/C30H30N4O7S2/c1-30(2,3)41-29(39)33-21(19-14-31-43-15-19)25(36)32-22-26(37)34-23(20(35)16-42-27(22)34)28(38)40-24(17-10-6-4-7-11-17)18-12-8-5-9-13-18/h4-15,21-24,27H,16H2,1-3H3,(H,32,36)(H,33,39)/t21?,22-,23-,27+/m1/s1. The van der Waals surface area contributed by atoms with Gasteiger partial charge in [-0.1, -0.05) is 60.7 Å². The lowest BCUT2D eigenvalue weighted by atomic mass is 9.98. The highest BCUT2D eigenvalue weighted by atomic mass is 32.2. The minimum absolute atomic E-state index is 0.0457. The number of hydrogen-bond acceptors (Lipinski definition) is 10. The molecule has 2 N–H and O–H groups in total. The summed E-state index contributed by atoms with van der Waals surface area (Å²) in [7, 11) is 0. The van der Waals surface area contributed by atoms with Crippen LogP contribution >= 0.6 is 23.3 Å². The molecule has 43 heavy (non-hydrogen) atoms. The Morgan fingerprint density at radius 2 is 1.60 bits per heavy atom. The number of carbonyl (C=O) groups excluding carboxylic acids is 5. The predicted molar refractivity (Wildman–Crippen MR) is 159 cm³/mol. The van der Waals surface area contributed by atoms with Crippen LogP contribution in [0.15, 0.2) is 72.2 Å². The van der Waals surface area contributed by atoms with Gasteiger partial charge in [0.25, 0.3) is 0 Å². The number of rotatable bonds is 8. The Morgan fingerprint density at radius 1 is 0.977 bits per heavy atom. The van der Waals surface area contributed by atoms with Crippen molar-refractivity contribution in [1.29, 1.82) is 0 Å². The number of nitrogens with zero attached hydrogens (tertiary/aromatic N) is 2. The second-order valence-electron chi connectivity index (χ2n) is 11.0. The molecule has 1 aromatic heterocycles. The first-order valence-electron chi connectivity index (χ1n) is 13.5. The molecular formula is C30H30N4O7S2. The smallest absolute Gasteiger partial charge is 0.408 e. The predicted octanol–water partition coefficient (Wildman–Crippen LogP) is 3.38. The molecule has 13 heteroatoms. The van der Waals surface area contributed by atoms with Gasteiger partial charge in [0.15, 0.2) is 17.9 Å². The highest BCUT2D eigenvalue weighted by molar-refractivity contribution is 8.00. The largest absolute Gasteiger partial charge is 0.451 e. The molecule has 3 heterocycles. The van der Waals surface area contributed by atoms with E-state index in [1.54, 1.807) is 26.2 Å². The van der Waals surface area contributed by atoms with Crippen molar-refractivity contribution in [3.63, 3.8) is 0 Å². The fourth-order valence-corrected chi connectivity index (χ4v) is 6.62. The summed E-state index contributed by atoms with van der Waals surface area (Å²) in [6.07, 6.45) is -0.161. The van der Waals surface area contributed by atoms with Gasteiger partial charge in [0.2, 0.25) is 11.8 Å². The Kier molecular flexibility index (Phi) is 8.83. The lowest BCUT2D eigenvalue weighted by Crippen LogP contribution is -2.76. The van der Waals surface area contributed by atoms with Gasteiger partial charge < -0.3 is 25.0 Å². The average Bonchev–Trinajstić information content (AvgIpc) is 3.52. The molecule has 0 spiro atoms. The van der Waals surface area contributed by atoms with Crippen molar-refractivity contribution in [2.45, 2.75) is 56.0 Å². The van der Waals surface area contributed by atoms with Crippen molar-refractivity contribution in [2.75, 3.05) is 5.75 Å². The van der Waals surface area contributed by atoms with Gasteiger partial charge in [0.05, 0.1) is 5.75 Å². The maximum absolute atomic E-state index is 13.5. The molecular weight excluding hydrogens is 592 g/mol. The van der Waals surface area contributed by atoms with Crippen molar-refractivity contribution in [3.8, 4) is 0 Å². The zero-order valence-corrected chi connectivity index (χ0v) is 25.2. The zero-order valence-electron chi connectivity index (χ0n) is 23.6. The molecule has 3 amide bonds. The summed E-state index contributed by atoms with van der Waals surface area (Å²) < 4.78 is 15.2. The molecule has 2 aromatic carbocycles. The van der Waals surface area contributed by atoms with E-state index in [2.05, 4.69) is 15.0 Å². The van der Waals surface area contributed by atoms with Crippen LogP contribution in [0.4, 0.5) is 4.79 Å². The van der Waals surface area contributed by atoms with Gasteiger partial charge in [-0.3, -0.25) is 14.4 Å². The second-order valence-corrected chi connectivity index (χ2v) is 12.7. The Morgan fingerprint density at radius 3 is 2.16 bits per heavy atom. The molecule has 224 valence electrons. The number of ketones is 1. The number of esters is 1. The number of carbonyl (C=O) groups is 5. The molecule has 2 fully saturated rings. The SMILES string of the molecule is CC(C)(C)OC(=O)NC(C(=O)N[C@@H]1C(=O)N2[C@@H](C(=O)OC(c3ccccc3)c3ccccc3)C(=O)CS[C@@H]12)c1cnsc1. The summed E-state index contributed by atoms with van der Waals surface area (Å²) in [5, 5.41) is 6.14. The number of β-lactam (4-membered cyclic amide) rings is 1. The van der Waals surface area contributed by atoms with Gasteiger partial charge in [-0.15, -0.1) is 11.8 Å². The third-order valence-electron chi connectivity index (χ3n) is 6.73. The van der Waals surface area contributed by atoms with Crippen LogP contribution in [0.25, 0.3) is 0 Å². The Balaban J connectivity index is 1.31. The van der Waals surface area contributed by atoms with Crippen molar-refractivity contribution in [3.05, 3.63) is 88.9 Å². The monoisotopic (exact) mass is 622 g/mol. The van der Waals surface area contributed by atoms with E-state index < -0.39 is 64.9 Å². The molecule has 0 saturated carbocycles. The van der Waals surface area contributed by atoms with E-state index >= 15 is 0 Å². The molecule has 3 aromatic rings. The van der Waals surface area contributed by atoms with Gasteiger partial charge in [-0.25, -0.2) is 14.0 Å². The number of fused-ring (bicyclic) bond motifs is 1. The van der Waals surface area contributed by atoms with E-state index in [9.17, 15) is 24.0 Å². The topological polar surface area (TPSA) is 144 Å². The molecule has 11 nitrogen and oxygen atoms in total. The molecule has 0 aliphatic carbocycles. The van der Waals surface area contributed by atoms with Gasteiger partial charge in [0, 0.05) is 17.1 Å². The second kappa shape index (κ2) is 12.6. The lowest BCUT2D eigenvalue weighted by molar-refractivity contribution is -0.170. The Hall–Kier alpha value is -4.23. The first-order chi connectivity index (χ1) is 20.5. The fraction of sp³-hybridized carbons (Fsp3) is 0.333. The third-order valence-corrected chi connectivity index (χ3v) is 8.62. The van der Waals surface area contributed by atoms with Gasteiger partial charge in [-0.05, 0) is 43.4 Å². The van der Waals surface area contributed by atoms with Crippen molar-refractivity contribution < 1.29 is 33.4 Å². The summed E-state index contributed by atoms with van der Waals surface area (Å²) in [4.78, 5) is 66.9. The minimum Gasteiger partial charge on any atom is -0.451 e. The number of thioether (sulfide) groups is 1. The molecule has 5 rings (SSSR count). The molecule has 2 saturated heterocycles. The van der Waals surface area contributed by atoms with E-state index in [0.29, 0.717) is 16.7 Å². The maximum atomic E-state index is 13.5. The summed E-state index contributed by atoms with van der Waals surface area (Å²) >= 11 is 2.25. The van der Waals surface area contributed by atoms with Gasteiger partial charge >= 0.3 is 12.1 Å². The third kappa shape index (κ3) is 6.73. The normalized spacial score (nSPS) is 20.5. The molecule has 0 radical (unpaired) electrons. The maximum Gasteiger partial charge on any atom is 0.408 e. The Labute approximate surface area is 256 Å². The zero-order chi connectivity index (χ0) is 30.7. The van der Waals surface area contributed by atoms with E-state index in [1.807, 2.05) is 60.7 Å². The van der Waals surface area contributed by atoms with Gasteiger partial charge in [-0.2, -0.15) is 0 Å². The molecule has 4 atom stereocenters. The highest BCUT2D eigenvalue weighted by Gasteiger charge is 2.58. The number of benzene rings is 2. The number of Topliss-reactive ketones (excluding diaryl/α,β-unsaturated/α-hetero) is 1. The van der Waals surface area contributed by atoms with Crippen LogP contribution in [0.1, 0.15) is 49.6 Å². The first kappa shape index (κ1) is 30.2. The number of amides is 3. The van der Waals surface area contributed by atoms with E-state index in [4.69, 9.17) is 9.47 Å². The summed E-state index contributed by atoms with van der Waals surface area (Å²) in [5.41, 5.74) is 1.04. The van der Waals surface area contributed by atoms with Crippen LogP contribution in [0.5, 0.6) is 0 Å². The average molecular weight is 623 g/mol. The van der Waals surface area contributed by atoms with Crippen LogP contribution in [0, 0.1) is 0 Å². The van der Waals surface area contributed by atoms with Crippen LogP contribution in [0.3, 0.4) is 0 Å². The molecule has 2 aliphatic heterocycles. The van der Waals surface area contributed by atoms with Crippen LogP contribution < -0.4 is 10.6 Å². The molecule has 2 aliphatic rings. The van der Waals surface area contributed by atoms with Crippen molar-refractivity contribution in [2.24, 2.45) is 0 Å². The van der Waals surface area contributed by atoms with Crippen LogP contribution in [0.2, 0.25) is 0 Å². The summed E-state index contributed by atoms with van der Waals surface area (Å²) in [5.74, 6) is -2.61. The first-order valence-corrected chi connectivity index (χ1v) is 15.4.